The van der Waals surface area contributed by atoms with Gasteiger partial charge in [0.1, 0.15) is 18.1 Å². The summed E-state index contributed by atoms with van der Waals surface area (Å²) in [6.45, 7) is 15.8. The van der Waals surface area contributed by atoms with Gasteiger partial charge in [-0.2, -0.15) is 0 Å². The van der Waals surface area contributed by atoms with E-state index in [0.717, 1.165) is 44.9 Å². The molecule has 4 N–H and O–H groups in total. The molecule has 12 nitrogen and oxygen atoms in total. The Morgan fingerprint density at radius 2 is 1.65 bits per heavy atom. The number of esters is 1. The van der Waals surface area contributed by atoms with Gasteiger partial charge < -0.3 is 30.9 Å². The number of rotatable bonds is 15. The second-order valence-electron chi connectivity index (χ2n) is 16.0. The van der Waals surface area contributed by atoms with E-state index < -0.39 is 65.1 Å². The second-order valence-corrected chi connectivity index (χ2v) is 16.0. The Kier molecular flexibility index (Phi) is 12.0. The number of piperidine rings is 1. The van der Waals surface area contributed by atoms with E-state index in [9.17, 15) is 28.8 Å². The van der Waals surface area contributed by atoms with Crippen LogP contribution in [0.3, 0.4) is 0 Å². The summed E-state index contributed by atoms with van der Waals surface area (Å²) in [5, 5.41) is 11.0. The Labute approximate surface area is 285 Å². The fourth-order valence-corrected chi connectivity index (χ4v) is 7.58. The van der Waals surface area contributed by atoms with E-state index in [-0.39, 0.29) is 36.1 Å². The number of carbonyl (C=O) groups is 6. The molecule has 48 heavy (non-hydrogen) atoms. The third kappa shape index (κ3) is 8.77. The summed E-state index contributed by atoms with van der Waals surface area (Å²) in [5.41, 5.74) is -0.936. The Morgan fingerprint density at radius 1 is 0.979 bits per heavy atom. The molecule has 0 spiro atoms. The number of urea groups is 1. The molecule has 6 atom stereocenters. The molecular formula is C36H57N5O7. The van der Waals surface area contributed by atoms with Crippen molar-refractivity contribution in [3.05, 3.63) is 12.7 Å². The molecule has 5 amide bonds. The second kappa shape index (κ2) is 15.4. The Morgan fingerprint density at radius 3 is 2.23 bits per heavy atom. The number of fused-ring (bicyclic) bond motifs is 1. The average Bonchev–Trinajstić information content (AvgIpc) is 3.91. The summed E-state index contributed by atoms with van der Waals surface area (Å²) < 4.78 is 5.61. The molecule has 0 aromatic heterocycles. The third-order valence-electron chi connectivity index (χ3n) is 10.8. The van der Waals surface area contributed by atoms with Crippen LogP contribution in [0, 0.1) is 34.5 Å². The minimum atomic E-state index is -1.04. The van der Waals surface area contributed by atoms with Gasteiger partial charge in [-0.3, -0.25) is 19.2 Å². The van der Waals surface area contributed by atoms with Crippen LogP contribution < -0.4 is 21.3 Å². The molecule has 0 bridgehead atoms. The predicted molar refractivity (Wildman–Crippen MR) is 180 cm³/mol. The zero-order valence-corrected chi connectivity index (χ0v) is 29.7. The minimum absolute atomic E-state index is 0.0429. The molecule has 4 aliphatic rings. The van der Waals surface area contributed by atoms with E-state index in [2.05, 4.69) is 41.7 Å². The van der Waals surface area contributed by atoms with Crippen molar-refractivity contribution in [2.75, 3.05) is 19.7 Å². The Bertz CT molecular complexity index is 1250. The number of Topliss-reactive ketones (excluding diaryl/α,β-unsaturated/α-hetero) is 1. The summed E-state index contributed by atoms with van der Waals surface area (Å²) in [5.74, 6) is -2.60. The Hall–Kier alpha value is -3.44. The van der Waals surface area contributed by atoms with Crippen LogP contribution in [0.4, 0.5) is 4.79 Å². The molecule has 1 aliphatic heterocycles. The monoisotopic (exact) mass is 671 g/mol. The molecule has 0 radical (unpaired) electrons. The van der Waals surface area contributed by atoms with Gasteiger partial charge >= 0.3 is 12.0 Å². The zero-order chi connectivity index (χ0) is 35.4. The van der Waals surface area contributed by atoms with Gasteiger partial charge in [-0.05, 0) is 66.6 Å². The van der Waals surface area contributed by atoms with Crippen LogP contribution in [0.25, 0.3) is 0 Å². The van der Waals surface area contributed by atoms with E-state index in [1.807, 2.05) is 27.7 Å². The first-order valence-electron chi connectivity index (χ1n) is 17.9. The Balaban J connectivity index is 1.50. The molecule has 0 aromatic carbocycles. The van der Waals surface area contributed by atoms with Crippen molar-refractivity contribution < 1.29 is 33.5 Å². The molecule has 3 saturated carbocycles. The van der Waals surface area contributed by atoms with Crippen LogP contribution in [0.1, 0.15) is 99.3 Å². The van der Waals surface area contributed by atoms with Crippen LogP contribution >= 0.6 is 0 Å². The quantitative estimate of drug-likeness (QED) is 0.118. The highest BCUT2D eigenvalue weighted by Crippen LogP contribution is 2.65. The number of ether oxygens (including phenoxy) is 1. The van der Waals surface area contributed by atoms with Gasteiger partial charge in [0.05, 0.1) is 12.6 Å². The predicted octanol–water partition coefficient (Wildman–Crippen LogP) is 3.24. The summed E-state index contributed by atoms with van der Waals surface area (Å²) in [6.07, 6.45) is 9.03. The first-order valence-corrected chi connectivity index (χ1v) is 17.9. The lowest BCUT2D eigenvalue weighted by Gasteiger charge is -2.38. The molecule has 4 rings (SSSR count). The molecule has 3 aliphatic carbocycles. The summed E-state index contributed by atoms with van der Waals surface area (Å²) in [6, 6.07) is -4.37. The number of ketones is 1. The summed E-state index contributed by atoms with van der Waals surface area (Å²) >= 11 is 0. The lowest BCUT2D eigenvalue weighted by atomic mass is 9.83. The molecule has 1 heterocycles. The number of nitrogens with one attached hydrogen (secondary N) is 4. The molecule has 4 fully saturated rings. The molecular weight excluding hydrogens is 614 g/mol. The summed E-state index contributed by atoms with van der Waals surface area (Å²) in [7, 11) is 0. The van der Waals surface area contributed by atoms with E-state index in [1.54, 1.807) is 0 Å². The normalized spacial score (nSPS) is 25.0. The summed E-state index contributed by atoms with van der Waals surface area (Å²) in [4.78, 5) is 82.1. The fourth-order valence-electron chi connectivity index (χ4n) is 7.58. The number of amides is 5. The lowest BCUT2D eigenvalue weighted by molar-refractivity contribution is -0.148. The highest BCUT2D eigenvalue weighted by atomic mass is 16.5. The van der Waals surface area contributed by atoms with E-state index in [1.165, 1.54) is 11.0 Å². The third-order valence-corrected chi connectivity index (χ3v) is 10.8. The maximum atomic E-state index is 14.4. The first-order chi connectivity index (χ1) is 22.6. The van der Waals surface area contributed by atoms with Gasteiger partial charge in [-0.25, -0.2) is 9.59 Å². The number of hydrogen-bond donors (Lipinski definition) is 4. The minimum Gasteiger partial charge on any atom is -0.464 e. The van der Waals surface area contributed by atoms with Crippen molar-refractivity contribution in [3.8, 4) is 0 Å². The van der Waals surface area contributed by atoms with Crippen molar-refractivity contribution in [1.82, 2.24) is 26.2 Å². The van der Waals surface area contributed by atoms with E-state index >= 15 is 0 Å². The van der Waals surface area contributed by atoms with Gasteiger partial charge in [0.2, 0.25) is 17.6 Å². The zero-order valence-electron chi connectivity index (χ0n) is 29.7. The molecule has 12 heteroatoms. The van der Waals surface area contributed by atoms with Crippen LogP contribution in [0.15, 0.2) is 12.7 Å². The topological polar surface area (TPSA) is 163 Å². The highest BCUT2D eigenvalue weighted by molar-refractivity contribution is 6.38. The van der Waals surface area contributed by atoms with Gasteiger partial charge in [-0.15, -0.1) is 6.58 Å². The number of carbonyl (C=O) groups excluding carboxylic acids is 6. The largest absolute Gasteiger partial charge is 0.464 e. The van der Waals surface area contributed by atoms with Crippen LogP contribution in [0.2, 0.25) is 0 Å². The maximum absolute atomic E-state index is 14.4. The fraction of sp³-hybridized carbons (Fsp3) is 0.778. The number of likely N-dealkylation sites (tertiary alicyclic amines) is 1. The maximum Gasteiger partial charge on any atom is 0.328 e. The van der Waals surface area contributed by atoms with Crippen molar-refractivity contribution in [2.24, 2.45) is 34.5 Å². The SMILES string of the molecule is C=CCNC(=O)C(=O)C(CCC)NC(=O)[C@@H]1[C@@H]2[C@H](CN1C(=O)[C@@H](NC(=O)N[C@H](C(=O)OCC1CC1)C1CCCCC1)C(C)(C)C)C2(C)C. The van der Waals surface area contributed by atoms with Crippen molar-refractivity contribution in [3.63, 3.8) is 0 Å². The molecule has 1 saturated heterocycles. The van der Waals surface area contributed by atoms with Gasteiger partial charge in [0.15, 0.2) is 0 Å². The van der Waals surface area contributed by atoms with Gasteiger partial charge in [-0.1, -0.05) is 73.3 Å². The van der Waals surface area contributed by atoms with Crippen molar-refractivity contribution in [1.29, 1.82) is 0 Å². The average molecular weight is 672 g/mol. The number of nitrogens with zero attached hydrogens (tertiary/aromatic N) is 1. The molecule has 268 valence electrons. The highest BCUT2D eigenvalue weighted by Gasteiger charge is 2.70. The first kappa shape index (κ1) is 37.4. The number of hydrogen-bond acceptors (Lipinski definition) is 7. The van der Waals surface area contributed by atoms with Gasteiger partial charge in [0, 0.05) is 13.1 Å². The standard InChI is InChI=1S/C36H57N5O7/c1-8-13-24(28(42)31(44)37-18-9-2)38-30(43)27-25-23(36(25,6)7)19-41(27)32(45)29(35(3,4)5)40-34(47)39-26(22-14-11-10-12-15-22)33(46)48-20-21-16-17-21/h9,21-27,29H,2,8,10-20H2,1,3-7H3,(H,37,44)(H,38,43)(H2,39,40,47)/t23-,24?,25-,26-,27-,29+/m0/s1. The van der Waals surface area contributed by atoms with Crippen LogP contribution in [-0.4, -0.2) is 84.3 Å². The molecule has 1 unspecified atom stereocenters. The van der Waals surface area contributed by atoms with Crippen molar-refractivity contribution in [2.45, 2.75) is 123 Å². The van der Waals surface area contributed by atoms with Gasteiger partial charge in [0.25, 0.3) is 5.91 Å². The lowest BCUT2D eigenvalue weighted by Crippen LogP contribution is -2.62. The van der Waals surface area contributed by atoms with Crippen LogP contribution in [0.5, 0.6) is 0 Å². The van der Waals surface area contributed by atoms with Crippen molar-refractivity contribution >= 4 is 35.5 Å². The van der Waals surface area contributed by atoms with E-state index in [0.29, 0.717) is 25.5 Å². The smallest absolute Gasteiger partial charge is 0.328 e. The van der Waals surface area contributed by atoms with Crippen LogP contribution in [-0.2, 0) is 28.7 Å². The van der Waals surface area contributed by atoms with E-state index in [4.69, 9.17) is 4.74 Å². The molecule has 0 aromatic rings.